The summed E-state index contributed by atoms with van der Waals surface area (Å²) in [5.74, 6) is 1.34. The zero-order valence-electron chi connectivity index (χ0n) is 8.69. The van der Waals surface area contributed by atoms with Crippen LogP contribution in [-0.2, 0) is 13.6 Å². The van der Waals surface area contributed by atoms with E-state index < -0.39 is 5.60 Å². The van der Waals surface area contributed by atoms with Crippen molar-refractivity contribution in [3.63, 3.8) is 0 Å². The fraction of sp³-hybridized carbons (Fsp3) is 0.750. The summed E-state index contributed by atoms with van der Waals surface area (Å²) in [7, 11) is 1.87. The Balaban J connectivity index is 2.64. The smallest absolute Gasteiger partial charge is 0.191 e. The summed E-state index contributed by atoms with van der Waals surface area (Å²) in [5.41, 5.74) is 4.77. The number of rotatable bonds is 4. The van der Waals surface area contributed by atoms with E-state index in [9.17, 15) is 5.11 Å². The van der Waals surface area contributed by atoms with E-state index in [-0.39, 0.29) is 0 Å². The van der Waals surface area contributed by atoms with E-state index in [0.29, 0.717) is 12.3 Å². The molecule has 5 nitrogen and oxygen atoms in total. The first-order chi connectivity index (χ1) is 6.44. The standard InChI is InChI=1S/C8H16N4OS/c1-8(2,13)5-14-7-11-10-6(4-9)12(7)3/h13H,4-5,9H2,1-3H3. The third-order valence-electron chi connectivity index (χ3n) is 1.66. The zero-order valence-corrected chi connectivity index (χ0v) is 9.51. The van der Waals surface area contributed by atoms with Gasteiger partial charge >= 0.3 is 0 Å². The highest BCUT2D eigenvalue weighted by molar-refractivity contribution is 7.99. The fourth-order valence-electron chi connectivity index (χ4n) is 0.890. The number of hydrogen-bond donors (Lipinski definition) is 2. The molecule has 0 atom stereocenters. The number of thioether (sulfide) groups is 1. The van der Waals surface area contributed by atoms with Crippen LogP contribution < -0.4 is 5.73 Å². The molecule has 0 saturated heterocycles. The minimum Gasteiger partial charge on any atom is -0.390 e. The highest BCUT2D eigenvalue weighted by Gasteiger charge is 2.15. The van der Waals surface area contributed by atoms with Crippen LogP contribution in [0.2, 0.25) is 0 Å². The Kier molecular flexibility index (Phi) is 3.52. The lowest BCUT2D eigenvalue weighted by Crippen LogP contribution is -2.22. The molecule has 0 bridgehead atoms. The van der Waals surface area contributed by atoms with Gasteiger partial charge in [0.1, 0.15) is 5.82 Å². The average Bonchev–Trinajstić information content (AvgIpc) is 2.42. The summed E-state index contributed by atoms with van der Waals surface area (Å²) < 4.78 is 1.84. The molecule has 0 unspecified atom stereocenters. The van der Waals surface area contributed by atoms with Gasteiger partial charge in [-0.05, 0) is 13.8 Å². The minimum absolute atomic E-state index is 0.382. The Bertz CT molecular complexity index is 305. The van der Waals surface area contributed by atoms with Crippen molar-refractivity contribution in [2.75, 3.05) is 5.75 Å². The van der Waals surface area contributed by atoms with Crippen molar-refractivity contribution in [2.24, 2.45) is 12.8 Å². The molecule has 6 heteroatoms. The van der Waals surface area contributed by atoms with Gasteiger partial charge in [-0.1, -0.05) is 11.8 Å². The van der Waals surface area contributed by atoms with E-state index in [1.165, 1.54) is 11.8 Å². The van der Waals surface area contributed by atoms with Crippen molar-refractivity contribution in [3.05, 3.63) is 5.82 Å². The summed E-state index contributed by atoms with van der Waals surface area (Å²) in [6.07, 6.45) is 0. The van der Waals surface area contributed by atoms with Crippen molar-refractivity contribution in [3.8, 4) is 0 Å². The lowest BCUT2D eigenvalue weighted by molar-refractivity contribution is 0.107. The van der Waals surface area contributed by atoms with Gasteiger partial charge in [-0.25, -0.2) is 0 Å². The molecule has 3 N–H and O–H groups in total. The largest absolute Gasteiger partial charge is 0.390 e. The summed E-state index contributed by atoms with van der Waals surface area (Å²) >= 11 is 1.47. The molecule has 0 spiro atoms. The second kappa shape index (κ2) is 4.29. The van der Waals surface area contributed by atoms with Gasteiger partial charge in [0.05, 0.1) is 12.1 Å². The molecule has 0 fully saturated rings. The molecule has 1 aromatic heterocycles. The maximum absolute atomic E-state index is 9.53. The van der Waals surface area contributed by atoms with Crippen LogP contribution in [-0.4, -0.2) is 31.2 Å². The second-order valence-corrected chi connectivity index (χ2v) is 4.71. The predicted molar refractivity (Wildman–Crippen MR) is 55.9 cm³/mol. The van der Waals surface area contributed by atoms with E-state index in [0.717, 1.165) is 11.0 Å². The lowest BCUT2D eigenvalue weighted by atomic mass is 10.2. The van der Waals surface area contributed by atoms with Gasteiger partial charge in [-0.3, -0.25) is 0 Å². The maximum Gasteiger partial charge on any atom is 0.191 e. The monoisotopic (exact) mass is 216 g/mol. The molecular formula is C8H16N4OS. The van der Waals surface area contributed by atoms with Gasteiger partial charge < -0.3 is 15.4 Å². The molecule has 1 aromatic rings. The summed E-state index contributed by atoms with van der Waals surface area (Å²) in [4.78, 5) is 0. The predicted octanol–water partition coefficient (Wildman–Crippen LogP) is 0.137. The second-order valence-electron chi connectivity index (χ2n) is 3.76. The topological polar surface area (TPSA) is 77.0 Å². The van der Waals surface area contributed by atoms with Crippen molar-refractivity contribution >= 4 is 11.8 Å². The van der Waals surface area contributed by atoms with Crippen LogP contribution >= 0.6 is 11.8 Å². The molecule has 0 aliphatic heterocycles. The molecule has 0 aromatic carbocycles. The Labute approximate surface area is 87.7 Å². The molecule has 0 amide bonds. The van der Waals surface area contributed by atoms with Crippen molar-refractivity contribution in [2.45, 2.75) is 31.1 Å². The third-order valence-corrected chi connectivity index (χ3v) is 3.13. The number of nitrogens with two attached hydrogens (primary N) is 1. The first-order valence-electron chi connectivity index (χ1n) is 4.37. The summed E-state index contributed by atoms with van der Waals surface area (Å²) in [6, 6.07) is 0. The normalized spacial score (nSPS) is 12.1. The molecule has 80 valence electrons. The molecule has 0 aliphatic carbocycles. The van der Waals surface area contributed by atoms with E-state index in [1.54, 1.807) is 13.8 Å². The van der Waals surface area contributed by atoms with Gasteiger partial charge in [0.25, 0.3) is 0 Å². The van der Waals surface area contributed by atoms with Crippen LogP contribution in [0.1, 0.15) is 19.7 Å². The SMILES string of the molecule is Cn1c(CN)nnc1SCC(C)(C)O. The van der Waals surface area contributed by atoms with Gasteiger partial charge in [-0.15, -0.1) is 10.2 Å². The highest BCUT2D eigenvalue weighted by atomic mass is 32.2. The molecule has 0 aliphatic rings. The molecule has 14 heavy (non-hydrogen) atoms. The maximum atomic E-state index is 9.53. The first kappa shape index (κ1) is 11.5. The Hall–Kier alpha value is -0.590. The van der Waals surface area contributed by atoms with Gasteiger partial charge in [-0.2, -0.15) is 0 Å². The Morgan fingerprint density at radius 2 is 2.14 bits per heavy atom. The molecule has 0 radical (unpaired) electrons. The van der Waals surface area contributed by atoms with Gasteiger partial charge in [0.2, 0.25) is 0 Å². The third kappa shape index (κ3) is 2.97. The fourth-order valence-corrected chi connectivity index (χ4v) is 1.77. The van der Waals surface area contributed by atoms with E-state index in [1.807, 2.05) is 11.6 Å². The van der Waals surface area contributed by atoms with E-state index in [2.05, 4.69) is 10.2 Å². The van der Waals surface area contributed by atoms with Crippen LogP contribution in [0.3, 0.4) is 0 Å². The summed E-state index contributed by atoms with van der Waals surface area (Å²) in [6.45, 7) is 3.91. The van der Waals surface area contributed by atoms with E-state index >= 15 is 0 Å². The van der Waals surface area contributed by atoms with E-state index in [4.69, 9.17) is 5.73 Å². The molecular weight excluding hydrogens is 200 g/mol. The number of nitrogens with zero attached hydrogens (tertiary/aromatic N) is 3. The van der Waals surface area contributed by atoms with Crippen molar-refractivity contribution in [1.29, 1.82) is 0 Å². The number of aromatic nitrogens is 3. The van der Waals surface area contributed by atoms with Crippen LogP contribution in [0.5, 0.6) is 0 Å². The lowest BCUT2D eigenvalue weighted by Gasteiger charge is -2.15. The zero-order chi connectivity index (χ0) is 10.8. The first-order valence-corrected chi connectivity index (χ1v) is 5.36. The van der Waals surface area contributed by atoms with Gasteiger partial charge in [0.15, 0.2) is 5.16 Å². The quantitative estimate of drug-likeness (QED) is 0.700. The summed E-state index contributed by atoms with van der Waals surface area (Å²) in [5, 5.41) is 18.2. The van der Waals surface area contributed by atoms with Crippen LogP contribution in [0.4, 0.5) is 0 Å². The number of aliphatic hydroxyl groups is 1. The minimum atomic E-state index is -0.695. The van der Waals surface area contributed by atoms with Crippen LogP contribution in [0, 0.1) is 0 Å². The molecule has 0 saturated carbocycles. The Morgan fingerprint density at radius 1 is 1.50 bits per heavy atom. The molecule has 1 heterocycles. The highest BCUT2D eigenvalue weighted by Crippen LogP contribution is 2.20. The van der Waals surface area contributed by atoms with Gasteiger partial charge in [0, 0.05) is 12.8 Å². The average molecular weight is 216 g/mol. The molecule has 1 rings (SSSR count). The van der Waals surface area contributed by atoms with Crippen molar-refractivity contribution < 1.29 is 5.11 Å². The number of hydrogen-bond acceptors (Lipinski definition) is 5. The van der Waals surface area contributed by atoms with Crippen LogP contribution in [0.15, 0.2) is 5.16 Å². The Morgan fingerprint density at radius 3 is 2.57 bits per heavy atom. The van der Waals surface area contributed by atoms with Crippen LogP contribution in [0.25, 0.3) is 0 Å². The van der Waals surface area contributed by atoms with Crippen molar-refractivity contribution in [1.82, 2.24) is 14.8 Å².